The fraction of sp³-hybridized carbons (Fsp3) is 0.667. The van der Waals surface area contributed by atoms with Gasteiger partial charge in [0.15, 0.2) is 5.69 Å². The van der Waals surface area contributed by atoms with Crippen molar-refractivity contribution >= 4 is 5.97 Å². The van der Waals surface area contributed by atoms with Gasteiger partial charge < -0.3 is 5.11 Å². The van der Waals surface area contributed by atoms with Crippen LogP contribution in [0.3, 0.4) is 0 Å². The molecule has 17 heavy (non-hydrogen) atoms. The highest BCUT2D eigenvalue weighted by atomic mass is 16.4. The van der Waals surface area contributed by atoms with Crippen molar-refractivity contribution in [2.45, 2.75) is 39.3 Å². The van der Waals surface area contributed by atoms with Gasteiger partial charge >= 0.3 is 5.97 Å². The molecule has 0 saturated carbocycles. The smallest absolute Gasteiger partial charge is 0.354 e. The molecule has 0 radical (unpaired) electrons. The third-order valence-electron chi connectivity index (χ3n) is 3.26. The summed E-state index contributed by atoms with van der Waals surface area (Å²) in [5.41, 5.74) is 1.18. The minimum Gasteiger partial charge on any atom is -0.477 e. The third-order valence-corrected chi connectivity index (χ3v) is 3.26. The number of aromatic nitrogens is 2. The molecule has 1 aromatic rings. The van der Waals surface area contributed by atoms with Crippen molar-refractivity contribution in [2.24, 2.45) is 0 Å². The molecule has 0 spiro atoms. The van der Waals surface area contributed by atoms with Crippen molar-refractivity contribution in [1.29, 1.82) is 0 Å². The Morgan fingerprint density at radius 2 is 2.12 bits per heavy atom. The molecule has 0 bridgehead atoms. The zero-order valence-electron chi connectivity index (χ0n) is 10.2. The van der Waals surface area contributed by atoms with Gasteiger partial charge in [-0.25, -0.2) is 4.79 Å². The molecule has 1 aromatic heterocycles. The molecule has 1 aliphatic rings. The molecule has 1 fully saturated rings. The topological polar surface area (TPSA) is 58.4 Å². The SMILES string of the molecule is CCn1ncc(CN2CCCCC2)c1C(=O)O. The Bertz CT molecular complexity index is 394. The summed E-state index contributed by atoms with van der Waals surface area (Å²) >= 11 is 0. The second-order valence-electron chi connectivity index (χ2n) is 4.48. The Morgan fingerprint density at radius 1 is 1.41 bits per heavy atom. The number of piperidine rings is 1. The van der Waals surface area contributed by atoms with Crippen molar-refractivity contribution in [3.63, 3.8) is 0 Å². The van der Waals surface area contributed by atoms with E-state index in [2.05, 4.69) is 10.00 Å². The quantitative estimate of drug-likeness (QED) is 0.864. The summed E-state index contributed by atoms with van der Waals surface area (Å²) in [7, 11) is 0. The van der Waals surface area contributed by atoms with Crippen LogP contribution in [0.4, 0.5) is 0 Å². The molecule has 0 amide bonds. The van der Waals surface area contributed by atoms with Crippen molar-refractivity contribution < 1.29 is 9.90 Å². The maximum atomic E-state index is 11.2. The normalized spacial score (nSPS) is 17.2. The number of carbonyl (C=O) groups is 1. The van der Waals surface area contributed by atoms with E-state index in [-0.39, 0.29) is 0 Å². The standard InChI is InChI=1S/C12H19N3O2/c1-2-15-11(12(16)17)10(8-13-15)9-14-6-4-3-5-7-14/h8H,2-7,9H2,1H3,(H,16,17). The Balaban J connectivity index is 2.14. The predicted molar refractivity (Wildman–Crippen MR) is 64.0 cm³/mol. The fourth-order valence-electron chi connectivity index (χ4n) is 2.39. The summed E-state index contributed by atoms with van der Waals surface area (Å²) in [4.78, 5) is 13.5. The van der Waals surface area contributed by atoms with Gasteiger partial charge in [-0.15, -0.1) is 0 Å². The Hall–Kier alpha value is -1.36. The molecule has 5 nitrogen and oxygen atoms in total. The number of aryl methyl sites for hydroxylation is 1. The average Bonchev–Trinajstić information content (AvgIpc) is 2.73. The molecule has 1 saturated heterocycles. The summed E-state index contributed by atoms with van der Waals surface area (Å²) in [5, 5.41) is 13.3. The number of nitrogens with zero attached hydrogens (tertiary/aromatic N) is 3. The zero-order chi connectivity index (χ0) is 12.3. The van der Waals surface area contributed by atoms with Gasteiger partial charge in [0.05, 0.1) is 6.20 Å². The number of likely N-dealkylation sites (tertiary alicyclic amines) is 1. The average molecular weight is 237 g/mol. The zero-order valence-corrected chi connectivity index (χ0v) is 10.2. The highest BCUT2D eigenvalue weighted by Crippen LogP contribution is 2.16. The second kappa shape index (κ2) is 5.31. The molecular formula is C12H19N3O2. The highest BCUT2D eigenvalue weighted by Gasteiger charge is 2.19. The monoisotopic (exact) mass is 237 g/mol. The summed E-state index contributed by atoms with van der Waals surface area (Å²) in [5.74, 6) is -0.878. The van der Waals surface area contributed by atoms with Crippen LogP contribution in [0.15, 0.2) is 6.20 Å². The van der Waals surface area contributed by atoms with Gasteiger partial charge in [0.1, 0.15) is 0 Å². The summed E-state index contributed by atoms with van der Waals surface area (Å²) in [6, 6.07) is 0. The first-order chi connectivity index (χ1) is 8.22. The largest absolute Gasteiger partial charge is 0.477 e. The van der Waals surface area contributed by atoms with E-state index in [4.69, 9.17) is 0 Å². The fourth-order valence-corrected chi connectivity index (χ4v) is 2.39. The molecule has 0 atom stereocenters. The van der Waals surface area contributed by atoms with Crippen molar-refractivity contribution in [3.8, 4) is 0 Å². The van der Waals surface area contributed by atoms with Crippen LogP contribution < -0.4 is 0 Å². The van der Waals surface area contributed by atoms with Gasteiger partial charge in [0, 0.05) is 18.7 Å². The first-order valence-corrected chi connectivity index (χ1v) is 6.22. The summed E-state index contributed by atoms with van der Waals surface area (Å²) in [6.45, 7) is 5.35. The molecule has 0 aliphatic carbocycles. The molecule has 0 unspecified atom stereocenters. The molecule has 0 aromatic carbocycles. The van der Waals surface area contributed by atoms with E-state index in [1.54, 1.807) is 10.9 Å². The number of carboxylic acids is 1. The molecule has 1 aliphatic heterocycles. The molecule has 2 rings (SSSR count). The minimum atomic E-state index is -0.878. The number of hydrogen-bond acceptors (Lipinski definition) is 3. The number of carboxylic acid groups (broad SMARTS) is 1. The van der Waals surface area contributed by atoms with Crippen LogP contribution in [0.2, 0.25) is 0 Å². The van der Waals surface area contributed by atoms with Crippen LogP contribution >= 0.6 is 0 Å². The van der Waals surface area contributed by atoms with E-state index in [1.165, 1.54) is 19.3 Å². The van der Waals surface area contributed by atoms with Crippen molar-refractivity contribution in [3.05, 3.63) is 17.5 Å². The van der Waals surface area contributed by atoms with Crippen LogP contribution in [0.25, 0.3) is 0 Å². The molecule has 1 N–H and O–H groups in total. The van der Waals surface area contributed by atoms with Gasteiger partial charge in [0.2, 0.25) is 0 Å². The van der Waals surface area contributed by atoms with Gasteiger partial charge in [-0.2, -0.15) is 5.10 Å². The number of aromatic carboxylic acids is 1. The van der Waals surface area contributed by atoms with Gasteiger partial charge in [-0.3, -0.25) is 9.58 Å². The van der Waals surface area contributed by atoms with Crippen molar-refractivity contribution in [1.82, 2.24) is 14.7 Å². The van der Waals surface area contributed by atoms with E-state index in [0.29, 0.717) is 18.8 Å². The molecule has 94 valence electrons. The van der Waals surface area contributed by atoms with Crippen LogP contribution in [-0.2, 0) is 13.1 Å². The lowest BCUT2D eigenvalue weighted by Gasteiger charge is -2.26. The van der Waals surface area contributed by atoms with Crippen molar-refractivity contribution in [2.75, 3.05) is 13.1 Å². The Labute approximate surface area is 101 Å². The lowest BCUT2D eigenvalue weighted by Crippen LogP contribution is -2.29. The summed E-state index contributed by atoms with van der Waals surface area (Å²) < 4.78 is 1.56. The van der Waals surface area contributed by atoms with Crippen LogP contribution in [0, 0.1) is 0 Å². The van der Waals surface area contributed by atoms with Gasteiger partial charge in [-0.1, -0.05) is 6.42 Å². The minimum absolute atomic E-state index is 0.345. The number of hydrogen-bond donors (Lipinski definition) is 1. The van der Waals surface area contributed by atoms with Crippen LogP contribution in [0.1, 0.15) is 42.2 Å². The number of rotatable bonds is 4. The molecular weight excluding hydrogens is 218 g/mol. The first-order valence-electron chi connectivity index (χ1n) is 6.22. The lowest BCUT2D eigenvalue weighted by molar-refractivity contribution is 0.0680. The predicted octanol–water partition coefficient (Wildman–Crippen LogP) is 1.59. The maximum Gasteiger partial charge on any atom is 0.354 e. The van der Waals surface area contributed by atoms with E-state index in [0.717, 1.165) is 18.7 Å². The molecule has 2 heterocycles. The second-order valence-corrected chi connectivity index (χ2v) is 4.48. The summed E-state index contributed by atoms with van der Waals surface area (Å²) in [6.07, 6.45) is 5.41. The van der Waals surface area contributed by atoms with E-state index >= 15 is 0 Å². The van der Waals surface area contributed by atoms with Crippen LogP contribution in [0.5, 0.6) is 0 Å². The van der Waals surface area contributed by atoms with E-state index in [9.17, 15) is 9.90 Å². The molecule has 5 heteroatoms. The Morgan fingerprint density at radius 3 is 2.71 bits per heavy atom. The first kappa shape index (κ1) is 12.1. The van der Waals surface area contributed by atoms with Crippen LogP contribution in [-0.4, -0.2) is 38.8 Å². The maximum absolute atomic E-state index is 11.2. The highest BCUT2D eigenvalue weighted by molar-refractivity contribution is 5.87. The van der Waals surface area contributed by atoms with Gasteiger partial charge in [-0.05, 0) is 32.9 Å². The van der Waals surface area contributed by atoms with E-state index in [1.807, 2.05) is 6.92 Å². The van der Waals surface area contributed by atoms with E-state index < -0.39 is 5.97 Å². The Kier molecular flexibility index (Phi) is 3.78. The third kappa shape index (κ3) is 2.66. The van der Waals surface area contributed by atoms with Gasteiger partial charge in [0.25, 0.3) is 0 Å². The lowest BCUT2D eigenvalue weighted by atomic mass is 10.1.